The van der Waals surface area contributed by atoms with Crippen LogP contribution in [0.3, 0.4) is 0 Å². The van der Waals surface area contributed by atoms with Gasteiger partial charge in [0, 0.05) is 19.4 Å². The summed E-state index contributed by atoms with van der Waals surface area (Å²) in [5.41, 5.74) is 1.22. The molecule has 1 atom stereocenters. The Kier molecular flexibility index (Phi) is 7.70. The Hall–Kier alpha value is -2.30. The van der Waals surface area contributed by atoms with E-state index in [2.05, 4.69) is 32.1 Å². The van der Waals surface area contributed by atoms with Crippen LogP contribution in [0.25, 0.3) is 0 Å². The molecule has 26 heavy (non-hydrogen) atoms. The average molecular weight is 359 g/mol. The minimum Gasteiger partial charge on any atom is -0.475 e. The predicted octanol–water partition coefficient (Wildman–Crippen LogP) is 4.59. The highest BCUT2D eigenvalue weighted by molar-refractivity contribution is 5.84. The number of amides is 1. The van der Waals surface area contributed by atoms with Gasteiger partial charge < -0.3 is 14.4 Å². The molecule has 1 N–H and O–H groups in total. The van der Waals surface area contributed by atoms with E-state index < -0.39 is 5.97 Å². The van der Waals surface area contributed by atoms with Gasteiger partial charge >= 0.3 is 5.97 Å². The van der Waals surface area contributed by atoms with Crippen LogP contribution in [0.1, 0.15) is 68.7 Å². The van der Waals surface area contributed by atoms with E-state index in [4.69, 9.17) is 9.52 Å². The molecule has 0 aliphatic carbocycles. The molecule has 5 heteroatoms. The molecule has 1 fully saturated rings. The first-order chi connectivity index (χ1) is 12.5. The van der Waals surface area contributed by atoms with Gasteiger partial charge in [-0.3, -0.25) is 4.79 Å². The molecule has 5 nitrogen and oxygen atoms in total. The van der Waals surface area contributed by atoms with E-state index in [1.807, 2.05) is 4.90 Å². The van der Waals surface area contributed by atoms with Gasteiger partial charge in [-0.25, -0.2) is 4.79 Å². The van der Waals surface area contributed by atoms with Gasteiger partial charge in [0.05, 0.1) is 6.04 Å². The molecule has 1 saturated heterocycles. The lowest BCUT2D eigenvalue weighted by Crippen LogP contribution is -2.34. The summed E-state index contributed by atoms with van der Waals surface area (Å²) in [6.45, 7) is 4.94. The maximum absolute atomic E-state index is 12.2. The minimum absolute atomic E-state index is 0.0382. The Labute approximate surface area is 155 Å². The Morgan fingerprint density at radius 3 is 2.88 bits per heavy atom. The lowest BCUT2D eigenvalue weighted by molar-refractivity contribution is -0.128. The van der Waals surface area contributed by atoms with Crippen molar-refractivity contribution in [2.75, 3.05) is 6.54 Å². The number of nitrogens with zero attached hydrogens (tertiary/aromatic N) is 1. The number of carboxylic acid groups (broad SMARTS) is 1. The quantitative estimate of drug-likeness (QED) is 0.490. The maximum atomic E-state index is 12.2. The second-order valence-corrected chi connectivity index (χ2v) is 6.80. The molecule has 1 aliphatic rings. The van der Waals surface area contributed by atoms with E-state index in [9.17, 15) is 9.59 Å². The molecular weight excluding hydrogens is 330 g/mol. The number of carbonyl (C=O) groups excluding carboxylic acids is 1. The highest BCUT2D eigenvalue weighted by Gasteiger charge is 2.31. The zero-order valence-corrected chi connectivity index (χ0v) is 15.7. The number of aromatic carboxylic acids is 1. The summed E-state index contributed by atoms with van der Waals surface area (Å²) in [5, 5.41) is 8.89. The van der Waals surface area contributed by atoms with E-state index in [-0.39, 0.29) is 17.7 Å². The van der Waals surface area contributed by atoms with E-state index in [0.29, 0.717) is 25.1 Å². The van der Waals surface area contributed by atoms with Gasteiger partial charge in [-0.05, 0) is 38.3 Å². The summed E-state index contributed by atoms with van der Waals surface area (Å²) in [6.07, 6.45) is 12.8. The molecule has 0 bridgehead atoms. The number of furan rings is 1. The first kappa shape index (κ1) is 20.0. The monoisotopic (exact) mass is 359 g/mol. The fraction of sp³-hybridized carbons (Fsp3) is 0.524. The molecule has 1 amide bonds. The zero-order valence-electron chi connectivity index (χ0n) is 15.7. The van der Waals surface area contributed by atoms with Crippen LogP contribution in [0, 0.1) is 0 Å². The normalized spacial score (nSPS) is 18.2. The van der Waals surface area contributed by atoms with Crippen LogP contribution in [0.15, 0.2) is 40.4 Å². The van der Waals surface area contributed by atoms with Crippen molar-refractivity contribution in [3.63, 3.8) is 0 Å². The second kappa shape index (κ2) is 10.00. The summed E-state index contributed by atoms with van der Waals surface area (Å²) in [5.74, 6) is -0.248. The lowest BCUT2D eigenvalue weighted by atomic mass is 10.1. The minimum atomic E-state index is -1.06. The van der Waals surface area contributed by atoms with Crippen molar-refractivity contribution < 1.29 is 19.1 Å². The van der Waals surface area contributed by atoms with Gasteiger partial charge in [0.25, 0.3) is 0 Å². The summed E-state index contributed by atoms with van der Waals surface area (Å²) in [7, 11) is 0. The fourth-order valence-corrected chi connectivity index (χ4v) is 3.29. The Morgan fingerprint density at radius 1 is 1.38 bits per heavy atom. The molecule has 0 aromatic carbocycles. The molecule has 0 spiro atoms. The number of carboxylic acids is 1. The lowest BCUT2D eigenvalue weighted by Gasteiger charge is -2.25. The third-order valence-electron chi connectivity index (χ3n) is 4.77. The van der Waals surface area contributed by atoms with Crippen molar-refractivity contribution in [3.05, 3.63) is 47.5 Å². The summed E-state index contributed by atoms with van der Waals surface area (Å²) in [6, 6.07) is 3.34. The maximum Gasteiger partial charge on any atom is 0.371 e. The van der Waals surface area contributed by atoms with Gasteiger partial charge in [0.2, 0.25) is 11.7 Å². The number of carbonyl (C=O) groups is 2. The van der Waals surface area contributed by atoms with Gasteiger partial charge in [-0.2, -0.15) is 0 Å². The molecule has 0 unspecified atom stereocenters. The van der Waals surface area contributed by atoms with Crippen LogP contribution in [0.2, 0.25) is 0 Å². The third-order valence-corrected chi connectivity index (χ3v) is 4.77. The van der Waals surface area contributed by atoms with Crippen molar-refractivity contribution in [2.24, 2.45) is 0 Å². The van der Waals surface area contributed by atoms with E-state index in [1.54, 1.807) is 6.07 Å². The SMILES string of the molecule is CCCCC=CC=C(C)[C@H]1CCC(=O)N1CCCc1ccc(C(=O)O)o1. The van der Waals surface area contributed by atoms with Crippen molar-refractivity contribution in [1.82, 2.24) is 4.90 Å². The van der Waals surface area contributed by atoms with Crippen LogP contribution in [0.4, 0.5) is 0 Å². The topological polar surface area (TPSA) is 70.8 Å². The van der Waals surface area contributed by atoms with Gasteiger partial charge in [-0.1, -0.05) is 43.6 Å². The Morgan fingerprint density at radius 2 is 2.19 bits per heavy atom. The van der Waals surface area contributed by atoms with E-state index in [1.165, 1.54) is 24.5 Å². The van der Waals surface area contributed by atoms with Crippen LogP contribution >= 0.6 is 0 Å². The number of hydrogen-bond acceptors (Lipinski definition) is 3. The van der Waals surface area contributed by atoms with Crippen LogP contribution in [-0.2, 0) is 11.2 Å². The molecule has 2 rings (SSSR count). The summed E-state index contributed by atoms with van der Waals surface area (Å²) >= 11 is 0. The van der Waals surface area contributed by atoms with E-state index in [0.717, 1.165) is 19.3 Å². The standard InChI is InChI=1S/C21H29NO4/c1-3-4-5-6-7-9-16(2)18-12-14-20(23)22(18)15-8-10-17-11-13-19(26-17)21(24)25/h6-7,9,11,13,18H,3-5,8,10,12,14-15H2,1-2H3,(H,24,25)/t18-/m1/s1. The number of aryl methyl sites for hydroxylation is 1. The molecular formula is C21H29NO4. The fourth-order valence-electron chi connectivity index (χ4n) is 3.29. The molecule has 1 aromatic heterocycles. The highest BCUT2D eigenvalue weighted by atomic mass is 16.4. The third kappa shape index (κ3) is 5.61. The first-order valence-corrected chi connectivity index (χ1v) is 9.47. The number of rotatable bonds is 10. The zero-order chi connectivity index (χ0) is 18.9. The largest absolute Gasteiger partial charge is 0.475 e. The predicted molar refractivity (Wildman–Crippen MR) is 101 cm³/mol. The molecule has 142 valence electrons. The summed E-state index contributed by atoms with van der Waals surface area (Å²) < 4.78 is 5.27. The Bertz CT molecular complexity index is 671. The number of likely N-dealkylation sites (tertiary alicyclic amines) is 1. The van der Waals surface area contributed by atoms with E-state index >= 15 is 0 Å². The molecule has 0 radical (unpaired) electrons. The van der Waals surface area contributed by atoms with Crippen LogP contribution in [0.5, 0.6) is 0 Å². The van der Waals surface area contributed by atoms with Gasteiger partial charge in [0.1, 0.15) is 5.76 Å². The van der Waals surface area contributed by atoms with Gasteiger partial charge in [0.15, 0.2) is 0 Å². The number of allylic oxidation sites excluding steroid dienone is 3. The number of hydrogen-bond donors (Lipinski definition) is 1. The van der Waals surface area contributed by atoms with Gasteiger partial charge in [-0.15, -0.1) is 0 Å². The van der Waals surface area contributed by atoms with Crippen molar-refractivity contribution >= 4 is 11.9 Å². The van der Waals surface area contributed by atoms with Crippen molar-refractivity contribution in [3.8, 4) is 0 Å². The number of unbranched alkanes of at least 4 members (excludes halogenated alkanes) is 2. The molecule has 2 heterocycles. The van der Waals surface area contributed by atoms with Crippen molar-refractivity contribution in [2.45, 2.75) is 64.8 Å². The second-order valence-electron chi connectivity index (χ2n) is 6.80. The van der Waals surface area contributed by atoms with Crippen molar-refractivity contribution in [1.29, 1.82) is 0 Å². The first-order valence-electron chi connectivity index (χ1n) is 9.47. The summed E-state index contributed by atoms with van der Waals surface area (Å²) in [4.78, 5) is 25.0. The Balaban J connectivity index is 1.87. The molecule has 1 aliphatic heterocycles. The molecule has 1 aromatic rings. The van der Waals surface area contributed by atoms with Crippen LogP contribution < -0.4 is 0 Å². The van der Waals surface area contributed by atoms with Crippen LogP contribution in [-0.4, -0.2) is 34.5 Å². The molecule has 0 saturated carbocycles. The smallest absolute Gasteiger partial charge is 0.371 e. The average Bonchev–Trinajstić information content (AvgIpc) is 3.22. The highest BCUT2D eigenvalue weighted by Crippen LogP contribution is 2.25.